The molecule has 4 rings (SSSR count). The molecular formula is C22H34O3. The van der Waals surface area contributed by atoms with Crippen LogP contribution < -0.4 is 0 Å². The lowest BCUT2D eigenvalue weighted by Gasteiger charge is -2.51. The summed E-state index contributed by atoms with van der Waals surface area (Å²) in [5, 5.41) is 22.5. The smallest absolute Gasteiger partial charge is 0.0873 e. The number of aliphatic hydroxyl groups is 2. The number of aliphatic hydroxyl groups excluding tert-OH is 2. The monoisotopic (exact) mass is 346 g/mol. The first kappa shape index (κ1) is 17.8. The Morgan fingerprint density at radius 3 is 2.52 bits per heavy atom. The summed E-state index contributed by atoms with van der Waals surface area (Å²) >= 11 is 0. The van der Waals surface area contributed by atoms with E-state index in [2.05, 4.69) is 34.3 Å². The van der Waals surface area contributed by atoms with E-state index in [-0.39, 0.29) is 41.0 Å². The number of hydrogen-bond acceptors (Lipinski definition) is 3. The van der Waals surface area contributed by atoms with Gasteiger partial charge in [-0.05, 0) is 65.9 Å². The van der Waals surface area contributed by atoms with Gasteiger partial charge in [-0.2, -0.15) is 0 Å². The van der Waals surface area contributed by atoms with E-state index in [9.17, 15) is 10.2 Å². The molecule has 0 bridgehead atoms. The topological polar surface area (TPSA) is 49.7 Å². The summed E-state index contributed by atoms with van der Waals surface area (Å²) in [5.41, 5.74) is 2.41. The molecule has 4 aliphatic carbocycles. The van der Waals surface area contributed by atoms with Gasteiger partial charge in [-0.15, -0.1) is 6.58 Å². The molecule has 0 amide bonds. The number of hydrogen-bond donors (Lipinski definition) is 2. The van der Waals surface area contributed by atoms with Crippen molar-refractivity contribution in [2.24, 2.45) is 34.5 Å². The summed E-state index contributed by atoms with van der Waals surface area (Å²) in [6, 6.07) is 0. The van der Waals surface area contributed by atoms with Gasteiger partial charge in [-0.25, -0.2) is 0 Å². The maximum absolute atomic E-state index is 11.3. The van der Waals surface area contributed by atoms with E-state index < -0.39 is 0 Å². The van der Waals surface area contributed by atoms with E-state index >= 15 is 0 Å². The normalized spacial score (nSPS) is 50.6. The molecule has 8 atom stereocenters. The molecule has 2 saturated carbocycles. The molecule has 4 aliphatic rings. The fourth-order valence-corrected chi connectivity index (χ4v) is 7.06. The summed E-state index contributed by atoms with van der Waals surface area (Å²) in [7, 11) is 0. The zero-order valence-corrected chi connectivity index (χ0v) is 16.2. The third-order valence-corrected chi connectivity index (χ3v) is 8.43. The second kappa shape index (κ2) is 5.68. The lowest BCUT2D eigenvalue weighted by atomic mass is 9.57. The third-order valence-electron chi connectivity index (χ3n) is 8.43. The van der Waals surface area contributed by atoms with Crippen LogP contribution in [0.5, 0.6) is 0 Å². The average Bonchev–Trinajstić information content (AvgIpc) is 2.93. The molecule has 3 heteroatoms. The van der Waals surface area contributed by atoms with Crippen LogP contribution in [0.25, 0.3) is 0 Å². The van der Waals surface area contributed by atoms with Crippen LogP contribution >= 0.6 is 0 Å². The highest BCUT2D eigenvalue weighted by Crippen LogP contribution is 2.74. The van der Waals surface area contributed by atoms with Crippen LogP contribution in [0.15, 0.2) is 23.8 Å². The van der Waals surface area contributed by atoms with Crippen molar-refractivity contribution in [2.45, 2.75) is 71.7 Å². The van der Waals surface area contributed by atoms with Crippen LogP contribution in [-0.2, 0) is 4.74 Å². The van der Waals surface area contributed by atoms with Gasteiger partial charge >= 0.3 is 0 Å². The zero-order chi connectivity index (χ0) is 18.1. The van der Waals surface area contributed by atoms with Crippen molar-refractivity contribution >= 4 is 0 Å². The van der Waals surface area contributed by atoms with Gasteiger partial charge in [0.25, 0.3) is 0 Å². The summed E-state index contributed by atoms with van der Waals surface area (Å²) in [6.45, 7) is 13.4. The molecule has 140 valence electrons. The van der Waals surface area contributed by atoms with Crippen molar-refractivity contribution in [1.29, 1.82) is 0 Å². The van der Waals surface area contributed by atoms with Gasteiger partial charge in [0.15, 0.2) is 0 Å². The van der Waals surface area contributed by atoms with Crippen molar-refractivity contribution in [1.82, 2.24) is 0 Å². The first-order valence-electron chi connectivity index (χ1n) is 10.1. The summed E-state index contributed by atoms with van der Waals surface area (Å²) in [4.78, 5) is 0. The van der Waals surface area contributed by atoms with Crippen LogP contribution in [0, 0.1) is 34.5 Å². The van der Waals surface area contributed by atoms with Crippen LogP contribution in [0.1, 0.15) is 53.4 Å². The minimum atomic E-state index is -0.387. The van der Waals surface area contributed by atoms with E-state index in [0.717, 1.165) is 25.7 Å². The summed E-state index contributed by atoms with van der Waals surface area (Å²) in [5.74, 6) is 1.59. The Kier molecular flexibility index (Phi) is 4.03. The van der Waals surface area contributed by atoms with E-state index in [0.29, 0.717) is 18.4 Å². The molecule has 25 heavy (non-hydrogen) atoms. The van der Waals surface area contributed by atoms with Gasteiger partial charge in [-0.3, -0.25) is 0 Å². The Balaban J connectivity index is 1.84. The molecule has 0 aromatic heterocycles. The molecule has 2 N–H and O–H groups in total. The Hall–Kier alpha value is -0.640. The largest absolute Gasteiger partial charge is 0.392 e. The van der Waals surface area contributed by atoms with Gasteiger partial charge < -0.3 is 14.9 Å². The molecule has 0 aromatic rings. The van der Waals surface area contributed by atoms with E-state index in [1.165, 1.54) is 11.1 Å². The average molecular weight is 347 g/mol. The predicted octanol–water partition coefficient (Wildman–Crippen LogP) is 3.71. The van der Waals surface area contributed by atoms with E-state index in [4.69, 9.17) is 4.74 Å². The van der Waals surface area contributed by atoms with Crippen molar-refractivity contribution in [3.05, 3.63) is 23.8 Å². The first-order chi connectivity index (χ1) is 11.8. The molecule has 0 spiro atoms. The highest BCUT2D eigenvalue weighted by atomic mass is 16.5. The zero-order valence-electron chi connectivity index (χ0n) is 16.2. The number of ether oxygens (including phenoxy) is 1. The fourth-order valence-electron chi connectivity index (χ4n) is 7.06. The van der Waals surface area contributed by atoms with Gasteiger partial charge in [0.2, 0.25) is 0 Å². The van der Waals surface area contributed by atoms with Crippen molar-refractivity contribution in [3.8, 4) is 0 Å². The number of rotatable bonds is 3. The van der Waals surface area contributed by atoms with E-state index in [1.807, 2.05) is 0 Å². The van der Waals surface area contributed by atoms with Crippen molar-refractivity contribution in [3.63, 3.8) is 0 Å². The summed E-state index contributed by atoms with van der Waals surface area (Å²) in [6.07, 6.45) is 4.87. The maximum atomic E-state index is 11.3. The Morgan fingerprint density at radius 2 is 1.84 bits per heavy atom. The van der Waals surface area contributed by atoms with E-state index in [1.54, 1.807) is 6.08 Å². The van der Waals surface area contributed by atoms with Gasteiger partial charge in [0, 0.05) is 5.41 Å². The third kappa shape index (κ3) is 2.22. The lowest BCUT2D eigenvalue weighted by molar-refractivity contribution is -0.144. The summed E-state index contributed by atoms with van der Waals surface area (Å²) < 4.78 is 6.35. The Labute approximate surface area is 152 Å². The maximum Gasteiger partial charge on any atom is 0.0873 e. The predicted molar refractivity (Wildman–Crippen MR) is 99.0 cm³/mol. The first-order valence-corrected chi connectivity index (χ1v) is 10.1. The van der Waals surface area contributed by atoms with Gasteiger partial charge in [-0.1, -0.05) is 33.8 Å². The van der Waals surface area contributed by atoms with Crippen LogP contribution in [0.4, 0.5) is 0 Å². The molecule has 0 heterocycles. The van der Waals surface area contributed by atoms with Gasteiger partial charge in [0.1, 0.15) is 0 Å². The van der Waals surface area contributed by atoms with Crippen molar-refractivity contribution < 1.29 is 14.9 Å². The molecule has 0 unspecified atom stereocenters. The second-order valence-electron chi connectivity index (χ2n) is 9.81. The Bertz CT molecular complexity index is 606. The molecule has 3 nitrogen and oxygen atoms in total. The van der Waals surface area contributed by atoms with Crippen LogP contribution in [0.3, 0.4) is 0 Å². The molecule has 0 aromatic carbocycles. The Morgan fingerprint density at radius 1 is 1.16 bits per heavy atom. The lowest BCUT2D eigenvalue weighted by Crippen LogP contribution is -2.55. The van der Waals surface area contributed by atoms with Crippen LogP contribution in [0.2, 0.25) is 0 Å². The molecule has 0 saturated heterocycles. The molecule has 0 radical (unpaired) electrons. The molecular weight excluding hydrogens is 312 g/mol. The highest BCUT2D eigenvalue weighted by Gasteiger charge is 2.72. The molecule has 0 aliphatic heterocycles. The fraction of sp³-hybridized carbons (Fsp3) is 0.818. The highest BCUT2D eigenvalue weighted by molar-refractivity contribution is 5.35. The minimum absolute atomic E-state index is 0.0973. The second-order valence-corrected chi connectivity index (χ2v) is 9.81. The quantitative estimate of drug-likeness (QED) is 0.766. The number of fused-ring (bicyclic) bond motifs is 3. The van der Waals surface area contributed by atoms with Crippen molar-refractivity contribution in [2.75, 3.05) is 6.61 Å². The standard InChI is InChI=1S/C22H34O3/c1-6-10-25-20-14-9-7-8-13(14)19(24)12(2)17-18-15(21(18,3)4)11-16(23)22(17,20)5/h6,12,15-20,23-24H,1,7-11H2,2-5H3/t12-,15-,16+,17+,18-,19+,20+,22+/m0/s1. The SMILES string of the molecule is C=CCO[C@@H]1C2=C(CCC2)[C@H](O)[C@@H](C)[C@@H]2[C@@H]3[C@H](C[C@@H](O)[C@]21C)C3(C)C. The molecule has 2 fully saturated rings. The van der Waals surface area contributed by atoms with Crippen LogP contribution in [-0.4, -0.2) is 35.1 Å². The minimum Gasteiger partial charge on any atom is -0.392 e. The van der Waals surface area contributed by atoms with Gasteiger partial charge in [0.05, 0.1) is 24.9 Å².